The lowest BCUT2D eigenvalue weighted by molar-refractivity contribution is -0.151. The minimum absolute atomic E-state index is 0.0381. The lowest BCUT2D eigenvalue weighted by Crippen LogP contribution is -2.32. The van der Waals surface area contributed by atoms with Gasteiger partial charge in [-0.15, -0.1) is 0 Å². The quantitative estimate of drug-likeness (QED) is 0.567. The van der Waals surface area contributed by atoms with Crippen LogP contribution in [0.4, 0.5) is 0 Å². The molecule has 0 N–H and O–H groups in total. The van der Waals surface area contributed by atoms with Gasteiger partial charge in [0.05, 0.1) is 29.9 Å². The number of benzene rings is 1. The van der Waals surface area contributed by atoms with Crippen LogP contribution < -0.4 is 5.56 Å². The monoisotopic (exact) mass is 398 g/mol. The number of nitrogens with zero attached hydrogens (tertiary/aromatic N) is 4. The normalized spacial score (nSPS) is 10.5. The Morgan fingerprint density at radius 3 is 2.79 bits per heavy atom. The number of hydrogen-bond acceptors (Lipinski definition) is 6. The van der Waals surface area contributed by atoms with E-state index in [1.807, 2.05) is 30.3 Å². The Morgan fingerprint density at radius 2 is 2.07 bits per heavy atom. The van der Waals surface area contributed by atoms with E-state index in [4.69, 9.17) is 10.00 Å². The van der Waals surface area contributed by atoms with Crippen molar-refractivity contribution in [3.8, 4) is 6.07 Å². The number of unbranched alkanes of at least 4 members (excludes halogenated alkanes) is 1. The fourth-order valence-electron chi connectivity index (χ4n) is 2.83. The molecular weight excluding hydrogens is 372 g/mol. The summed E-state index contributed by atoms with van der Waals surface area (Å²) in [7, 11) is 1.55. The van der Waals surface area contributed by atoms with Crippen molar-refractivity contribution in [3.63, 3.8) is 0 Å². The molecule has 0 aliphatic rings. The van der Waals surface area contributed by atoms with Crippen LogP contribution >= 0.6 is 0 Å². The fraction of sp³-hybridized carbons (Fsp3) is 0.476. The predicted molar refractivity (Wildman–Crippen MR) is 108 cm³/mol. The topological polar surface area (TPSA) is 105 Å². The van der Waals surface area contributed by atoms with Crippen LogP contribution in [0, 0.1) is 11.3 Å². The molecule has 0 radical (unpaired) electrons. The van der Waals surface area contributed by atoms with Crippen molar-refractivity contribution in [2.75, 3.05) is 20.2 Å². The summed E-state index contributed by atoms with van der Waals surface area (Å²) in [5, 5.41) is 8.54. The largest absolute Gasteiger partial charge is 0.456 e. The van der Waals surface area contributed by atoms with E-state index in [2.05, 4.69) is 11.9 Å². The SMILES string of the molecule is CCCCn1c(=O)c(CCC(=O)OCC(=O)N(C)CCC#N)nc2ccccc21. The van der Waals surface area contributed by atoms with Crippen LogP contribution in [0.3, 0.4) is 0 Å². The van der Waals surface area contributed by atoms with Gasteiger partial charge in [-0.05, 0) is 18.6 Å². The number of amides is 1. The van der Waals surface area contributed by atoms with Gasteiger partial charge in [0.2, 0.25) is 0 Å². The molecule has 0 unspecified atom stereocenters. The Bertz CT molecular complexity index is 961. The number of fused-ring (bicyclic) bond motifs is 1. The number of carbonyl (C=O) groups excluding carboxylic acids is 2. The number of para-hydroxylation sites is 2. The van der Waals surface area contributed by atoms with Crippen LogP contribution in [0.1, 0.15) is 38.3 Å². The van der Waals surface area contributed by atoms with Crippen LogP contribution in [0.5, 0.6) is 0 Å². The van der Waals surface area contributed by atoms with Crippen LogP contribution in [0.25, 0.3) is 11.0 Å². The number of carbonyl (C=O) groups is 2. The molecule has 0 spiro atoms. The molecule has 2 aromatic rings. The summed E-state index contributed by atoms with van der Waals surface area (Å²) in [4.78, 5) is 42.4. The standard InChI is InChI=1S/C21H26N4O4/c1-3-4-14-25-18-9-6-5-8-16(18)23-17(21(25)28)10-11-20(27)29-15-19(26)24(2)13-7-12-22/h5-6,8-9H,3-4,7,10-11,13-15H2,1-2H3. The number of aromatic nitrogens is 2. The Labute approximate surface area is 169 Å². The maximum atomic E-state index is 12.8. The molecule has 0 atom stereocenters. The number of nitriles is 1. The first-order valence-electron chi connectivity index (χ1n) is 9.73. The molecular formula is C21H26N4O4. The third-order valence-corrected chi connectivity index (χ3v) is 4.56. The Hall–Kier alpha value is -3.21. The number of hydrogen-bond donors (Lipinski definition) is 0. The number of likely N-dealkylation sites (N-methyl/N-ethyl adjacent to an activating group) is 1. The molecule has 1 heterocycles. The van der Waals surface area contributed by atoms with Gasteiger partial charge < -0.3 is 14.2 Å². The second kappa shape index (κ2) is 11.0. The average molecular weight is 398 g/mol. The fourth-order valence-corrected chi connectivity index (χ4v) is 2.83. The van der Waals surface area contributed by atoms with Crippen molar-refractivity contribution in [1.82, 2.24) is 14.5 Å². The highest BCUT2D eigenvalue weighted by atomic mass is 16.5. The summed E-state index contributed by atoms with van der Waals surface area (Å²) >= 11 is 0. The van der Waals surface area contributed by atoms with Crippen molar-refractivity contribution in [2.24, 2.45) is 0 Å². The molecule has 1 amide bonds. The zero-order valence-corrected chi connectivity index (χ0v) is 16.9. The predicted octanol–water partition coefficient (Wildman–Crippen LogP) is 2.04. The van der Waals surface area contributed by atoms with Gasteiger partial charge in [-0.2, -0.15) is 5.26 Å². The van der Waals surface area contributed by atoms with E-state index in [1.165, 1.54) is 4.90 Å². The number of esters is 1. The average Bonchev–Trinajstić information content (AvgIpc) is 2.73. The Morgan fingerprint density at radius 1 is 1.31 bits per heavy atom. The van der Waals surface area contributed by atoms with Crippen LogP contribution in [-0.4, -0.2) is 46.5 Å². The first-order valence-corrected chi connectivity index (χ1v) is 9.73. The number of rotatable bonds is 10. The third kappa shape index (κ3) is 6.14. The molecule has 0 fully saturated rings. The van der Waals surface area contributed by atoms with E-state index in [0.717, 1.165) is 18.4 Å². The summed E-state index contributed by atoms with van der Waals surface area (Å²) in [5.41, 5.74) is 1.61. The van der Waals surface area contributed by atoms with Crippen molar-refractivity contribution < 1.29 is 14.3 Å². The van der Waals surface area contributed by atoms with Gasteiger partial charge >= 0.3 is 5.97 Å². The molecule has 8 heteroatoms. The van der Waals surface area contributed by atoms with Crippen molar-refractivity contribution in [2.45, 2.75) is 45.6 Å². The Kier molecular flexibility index (Phi) is 8.34. The van der Waals surface area contributed by atoms with Crippen molar-refractivity contribution in [1.29, 1.82) is 5.26 Å². The van der Waals surface area contributed by atoms with Gasteiger partial charge in [0.1, 0.15) is 5.69 Å². The summed E-state index contributed by atoms with van der Waals surface area (Å²) in [5.74, 6) is -0.944. The first-order chi connectivity index (χ1) is 14.0. The highest BCUT2D eigenvalue weighted by Crippen LogP contribution is 2.12. The maximum Gasteiger partial charge on any atom is 0.306 e. The smallest absolute Gasteiger partial charge is 0.306 e. The number of ether oxygens (including phenoxy) is 1. The molecule has 0 aliphatic carbocycles. The van der Waals surface area contributed by atoms with Gasteiger partial charge in [-0.3, -0.25) is 14.4 Å². The van der Waals surface area contributed by atoms with E-state index < -0.39 is 5.97 Å². The number of aryl methyl sites for hydroxylation is 2. The van der Waals surface area contributed by atoms with Gasteiger partial charge in [-0.25, -0.2) is 4.98 Å². The Balaban J connectivity index is 2.02. The zero-order chi connectivity index (χ0) is 21.2. The molecule has 1 aromatic heterocycles. The van der Waals surface area contributed by atoms with Gasteiger partial charge in [-0.1, -0.05) is 25.5 Å². The van der Waals surface area contributed by atoms with E-state index in [0.29, 0.717) is 17.8 Å². The molecule has 0 aliphatic heterocycles. The first kappa shape index (κ1) is 22.1. The van der Waals surface area contributed by atoms with Crippen LogP contribution in [-0.2, 0) is 27.3 Å². The second-order valence-electron chi connectivity index (χ2n) is 6.74. The molecule has 0 bridgehead atoms. The highest BCUT2D eigenvalue weighted by Gasteiger charge is 2.15. The van der Waals surface area contributed by atoms with Gasteiger partial charge in [0.15, 0.2) is 6.61 Å². The maximum absolute atomic E-state index is 12.8. The lowest BCUT2D eigenvalue weighted by atomic mass is 10.2. The van der Waals surface area contributed by atoms with E-state index in [1.54, 1.807) is 11.6 Å². The molecule has 0 saturated heterocycles. The second-order valence-corrected chi connectivity index (χ2v) is 6.74. The summed E-state index contributed by atoms with van der Waals surface area (Å²) < 4.78 is 6.71. The molecule has 0 saturated carbocycles. The van der Waals surface area contributed by atoms with E-state index in [-0.39, 0.29) is 43.9 Å². The van der Waals surface area contributed by atoms with Crippen LogP contribution in [0.15, 0.2) is 29.1 Å². The third-order valence-electron chi connectivity index (χ3n) is 4.56. The highest BCUT2D eigenvalue weighted by molar-refractivity contribution is 5.80. The molecule has 29 heavy (non-hydrogen) atoms. The minimum Gasteiger partial charge on any atom is -0.456 e. The van der Waals surface area contributed by atoms with Crippen LogP contribution in [0.2, 0.25) is 0 Å². The molecule has 154 valence electrons. The summed E-state index contributed by atoms with van der Waals surface area (Å²) in [6.07, 6.45) is 2.16. The van der Waals surface area contributed by atoms with Crippen molar-refractivity contribution in [3.05, 3.63) is 40.3 Å². The van der Waals surface area contributed by atoms with E-state index in [9.17, 15) is 14.4 Å². The van der Waals surface area contributed by atoms with Crippen molar-refractivity contribution >= 4 is 22.9 Å². The molecule has 8 nitrogen and oxygen atoms in total. The van der Waals surface area contributed by atoms with Gasteiger partial charge in [0.25, 0.3) is 11.5 Å². The summed E-state index contributed by atoms with van der Waals surface area (Å²) in [6, 6.07) is 9.39. The minimum atomic E-state index is -0.568. The van der Waals surface area contributed by atoms with E-state index >= 15 is 0 Å². The van der Waals surface area contributed by atoms with Gasteiger partial charge in [0, 0.05) is 26.6 Å². The summed E-state index contributed by atoms with van der Waals surface area (Å²) in [6.45, 7) is 2.56. The molecule has 2 rings (SSSR count). The molecule has 1 aromatic carbocycles. The zero-order valence-electron chi connectivity index (χ0n) is 16.9. The lowest BCUT2D eigenvalue weighted by Gasteiger charge is -2.15.